The molecule has 4 heteroatoms. The molecule has 0 spiro atoms. The maximum Gasteiger partial charge on any atom is 0.146 e. The molecule has 1 aromatic heterocycles. The van der Waals surface area contributed by atoms with Crippen LogP contribution >= 0.6 is 15.9 Å². The van der Waals surface area contributed by atoms with Crippen molar-refractivity contribution in [1.82, 2.24) is 4.98 Å². The van der Waals surface area contributed by atoms with E-state index in [0.717, 1.165) is 22.4 Å². The summed E-state index contributed by atoms with van der Waals surface area (Å²) in [5.41, 5.74) is 3.94. The third-order valence-corrected chi connectivity index (χ3v) is 2.07. The third-order valence-electron chi connectivity index (χ3n) is 1.60. The molecular weight excluding hydrogens is 230 g/mol. The van der Waals surface area contributed by atoms with E-state index in [0.29, 0.717) is 0 Å². The molecule has 70 valence electrons. The van der Waals surface area contributed by atoms with Gasteiger partial charge in [0.1, 0.15) is 5.82 Å². The topological polar surface area (TPSA) is 37.3 Å². The number of halogens is 1. The Morgan fingerprint density at radius 1 is 1.62 bits per heavy atom. The summed E-state index contributed by atoms with van der Waals surface area (Å²) in [4.78, 5) is 4.12. The number of anilines is 1. The molecule has 1 N–H and O–H groups in total. The lowest BCUT2D eigenvalue weighted by Crippen LogP contribution is -1.96. The summed E-state index contributed by atoms with van der Waals surface area (Å²) in [6.07, 6.45) is 2.68. The van der Waals surface area contributed by atoms with Crippen LogP contribution in [0.5, 0.6) is 0 Å². The number of nitrogens with one attached hydrogen (secondary N) is 1. The Labute approximate surface area is 86.4 Å². The number of nitrogens with zero attached hydrogens (tertiary/aromatic N) is 2. The number of aromatic nitrogens is 1. The minimum Gasteiger partial charge on any atom is -0.261 e. The van der Waals surface area contributed by atoms with E-state index in [-0.39, 0.29) is 0 Å². The highest BCUT2D eigenvalue weighted by atomic mass is 79.9. The van der Waals surface area contributed by atoms with Crippen LogP contribution in [-0.2, 0) is 0 Å². The van der Waals surface area contributed by atoms with E-state index in [1.807, 2.05) is 19.1 Å². The van der Waals surface area contributed by atoms with E-state index in [9.17, 15) is 0 Å². The van der Waals surface area contributed by atoms with Crippen LogP contribution in [0, 0.1) is 0 Å². The standard InChI is InChI=1S/C9H12BrN3/c1-3-7(2)12-13-9-5-4-8(10)6-11-9/h4-6H,3H2,1-2H3,(H,11,13)/b12-7-. The number of hydrazone groups is 1. The molecule has 0 aliphatic rings. The van der Waals surface area contributed by atoms with E-state index in [1.54, 1.807) is 6.20 Å². The lowest BCUT2D eigenvalue weighted by atomic mass is 10.3. The highest BCUT2D eigenvalue weighted by Crippen LogP contribution is 2.10. The zero-order valence-corrected chi connectivity index (χ0v) is 9.30. The zero-order chi connectivity index (χ0) is 9.68. The third kappa shape index (κ3) is 3.55. The smallest absolute Gasteiger partial charge is 0.146 e. The van der Waals surface area contributed by atoms with Gasteiger partial charge in [0.25, 0.3) is 0 Å². The summed E-state index contributed by atoms with van der Waals surface area (Å²) in [5, 5.41) is 4.13. The van der Waals surface area contributed by atoms with Crippen LogP contribution in [0.4, 0.5) is 5.82 Å². The molecule has 0 radical (unpaired) electrons. The monoisotopic (exact) mass is 241 g/mol. The van der Waals surface area contributed by atoms with Crippen LogP contribution < -0.4 is 5.43 Å². The van der Waals surface area contributed by atoms with Crippen molar-refractivity contribution in [3.63, 3.8) is 0 Å². The van der Waals surface area contributed by atoms with Crippen molar-refractivity contribution >= 4 is 27.5 Å². The molecule has 13 heavy (non-hydrogen) atoms. The second-order valence-electron chi connectivity index (χ2n) is 2.67. The molecule has 0 saturated carbocycles. The molecule has 0 atom stereocenters. The first-order valence-electron chi connectivity index (χ1n) is 4.13. The van der Waals surface area contributed by atoms with Crippen molar-refractivity contribution < 1.29 is 0 Å². The van der Waals surface area contributed by atoms with Crippen molar-refractivity contribution in [1.29, 1.82) is 0 Å². The molecule has 1 aromatic rings. The van der Waals surface area contributed by atoms with E-state index >= 15 is 0 Å². The highest BCUT2D eigenvalue weighted by molar-refractivity contribution is 9.10. The number of pyridine rings is 1. The van der Waals surface area contributed by atoms with Gasteiger partial charge in [0.2, 0.25) is 0 Å². The molecule has 0 aliphatic heterocycles. The van der Waals surface area contributed by atoms with Crippen LogP contribution in [0.25, 0.3) is 0 Å². The van der Waals surface area contributed by atoms with Gasteiger partial charge in [-0.3, -0.25) is 5.43 Å². The van der Waals surface area contributed by atoms with E-state index in [2.05, 4.69) is 38.4 Å². The number of hydrogen-bond acceptors (Lipinski definition) is 3. The average Bonchev–Trinajstić information content (AvgIpc) is 2.16. The molecule has 1 rings (SSSR count). The Hall–Kier alpha value is -0.900. The van der Waals surface area contributed by atoms with Gasteiger partial charge in [-0.25, -0.2) is 4.98 Å². The molecule has 0 bridgehead atoms. The van der Waals surface area contributed by atoms with Gasteiger partial charge < -0.3 is 0 Å². The lowest BCUT2D eigenvalue weighted by Gasteiger charge is -2.00. The fourth-order valence-corrected chi connectivity index (χ4v) is 0.908. The summed E-state index contributed by atoms with van der Waals surface area (Å²) in [7, 11) is 0. The van der Waals surface area contributed by atoms with Gasteiger partial charge in [-0.1, -0.05) is 6.92 Å². The SMILES string of the molecule is CC/C(C)=N\Nc1ccc(Br)cn1. The van der Waals surface area contributed by atoms with Crippen molar-refractivity contribution in [3.8, 4) is 0 Å². The molecular formula is C9H12BrN3. The molecule has 0 aliphatic carbocycles. The maximum atomic E-state index is 4.13. The van der Waals surface area contributed by atoms with Crippen molar-refractivity contribution in [2.45, 2.75) is 20.3 Å². The van der Waals surface area contributed by atoms with Crippen LogP contribution in [0.1, 0.15) is 20.3 Å². The second kappa shape index (κ2) is 4.97. The summed E-state index contributed by atoms with van der Waals surface area (Å²) in [5.74, 6) is 0.760. The Morgan fingerprint density at radius 3 is 2.92 bits per heavy atom. The first-order chi connectivity index (χ1) is 6.22. The van der Waals surface area contributed by atoms with Crippen LogP contribution in [-0.4, -0.2) is 10.7 Å². The maximum absolute atomic E-state index is 4.13. The summed E-state index contributed by atoms with van der Waals surface area (Å²) in [6.45, 7) is 4.04. The molecule has 0 fully saturated rings. The van der Waals surface area contributed by atoms with Crippen molar-refractivity contribution in [2.75, 3.05) is 5.43 Å². The Kier molecular flexibility index (Phi) is 3.89. The number of rotatable bonds is 3. The van der Waals surface area contributed by atoms with Crippen LogP contribution in [0.3, 0.4) is 0 Å². The fourth-order valence-electron chi connectivity index (χ4n) is 0.674. The molecule has 0 saturated heterocycles. The average molecular weight is 242 g/mol. The molecule has 1 heterocycles. The summed E-state index contributed by atoms with van der Waals surface area (Å²) in [6, 6.07) is 3.79. The molecule has 0 unspecified atom stereocenters. The highest BCUT2D eigenvalue weighted by Gasteiger charge is 1.91. The molecule has 3 nitrogen and oxygen atoms in total. The van der Waals surface area contributed by atoms with E-state index in [4.69, 9.17) is 0 Å². The first-order valence-corrected chi connectivity index (χ1v) is 4.92. The van der Waals surface area contributed by atoms with Gasteiger partial charge in [0, 0.05) is 16.4 Å². The van der Waals surface area contributed by atoms with Gasteiger partial charge in [-0.2, -0.15) is 5.10 Å². The van der Waals surface area contributed by atoms with Crippen molar-refractivity contribution in [2.24, 2.45) is 5.10 Å². The lowest BCUT2D eigenvalue weighted by molar-refractivity contribution is 1.17. The van der Waals surface area contributed by atoms with Crippen molar-refractivity contribution in [3.05, 3.63) is 22.8 Å². The van der Waals surface area contributed by atoms with E-state index < -0.39 is 0 Å². The Morgan fingerprint density at radius 2 is 2.38 bits per heavy atom. The van der Waals surface area contributed by atoms with Gasteiger partial charge in [-0.05, 0) is 41.4 Å². The van der Waals surface area contributed by atoms with E-state index in [1.165, 1.54) is 0 Å². The van der Waals surface area contributed by atoms with Gasteiger partial charge >= 0.3 is 0 Å². The largest absolute Gasteiger partial charge is 0.261 e. The molecule has 0 aromatic carbocycles. The normalized spacial score (nSPS) is 11.5. The number of hydrogen-bond donors (Lipinski definition) is 1. The minimum atomic E-state index is 0.760. The predicted octanol–water partition coefficient (Wildman–Crippen LogP) is 3.04. The summed E-state index contributed by atoms with van der Waals surface area (Å²) >= 11 is 3.31. The quantitative estimate of drug-likeness (QED) is 0.653. The Balaban J connectivity index is 2.60. The predicted molar refractivity (Wildman–Crippen MR) is 59.0 cm³/mol. The summed E-state index contributed by atoms with van der Waals surface area (Å²) < 4.78 is 0.967. The zero-order valence-electron chi connectivity index (χ0n) is 7.71. The van der Waals surface area contributed by atoms with Gasteiger partial charge in [-0.15, -0.1) is 0 Å². The Bertz CT molecular complexity index is 292. The fraction of sp³-hybridized carbons (Fsp3) is 0.333. The van der Waals surface area contributed by atoms with Gasteiger partial charge in [0.15, 0.2) is 0 Å². The van der Waals surface area contributed by atoms with Gasteiger partial charge in [0.05, 0.1) is 0 Å². The second-order valence-corrected chi connectivity index (χ2v) is 3.59. The van der Waals surface area contributed by atoms with Crippen LogP contribution in [0.2, 0.25) is 0 Å². The minimum absolute atomic E-state index is 0.760. The first kappa shape index (κ1) is 10.2. The molecule has 0 amide bonds. The van der Waals surface area contributed by atoms with Crippen LogP contribution in [0.15, 0.2) is 27.9 Å².